The van der Waals surface area contributed by atoms with Crippen LogP contribution in [0, 0.1) is 0 Å². The second-order valence-electron chi connectivity index (χ2n) is 6.32. The van der Waals surface area contributed by atoms with Crippen molar-refractivity contribution in [1.82, 2.24) is 5.32 Å². The highest BCUT2D eigenvalue weighted by molar-refractivity contribution is 5.45. The molecular weight excluding hydrogens is 256 g/mol. The summed E-state index contributed by atoms with van der Waals surface area (Å²) in [4.78, 5) is 2.55. The second-order valence-corrected chi connectivity index (χ2v) is 6.32. The number of nitrogens with one attached hydrogen (secondary N) is 1. The molecule has 1 N–H and O–H groups in total. The Bertz CT molecular complexity index is 357. The molecule has 2 nitrogen and oxygen atoms in total. The highest BCUT2D eigenvalue weighted by Gasteiger charge is 2.12. The van der Waals surface area contributed by atoms with Crippen LogP contribution < -0.4 is 10.2 Å². The van der Waals surface area contributed by atoms with E-state index in [4.69, 9.17) is 0 Å². The lowest BCUT2D eigenvalue weighted by molar-refractivity contribution is 0.372. The van der Waals surface area contributed by atoms with Crippen LogP contribution in [0.1, 0.15) is 58.3 Å². The lowest BCUT2D eigenvalue weighted by Gasteiger charge is -2.26. The Balaban J connectivity index is 1.71. The van der Waals surface area contributed by atoms with Gasteiger partial charge >= 0.3 is 0 Å². The van der Waals surface area contributed by atoms with E-state index in [-0.39, 0.29) is 0 Å². The molecule has 0 radical (unpaired) electrons. The lowest BCUT2D eigenvalue weighted by Crippen LogP contribution is -2.34. The molecular formula is C19H32N2. The largest absolute Gasteiger partial charge is 0.371 e. The minimum Gasteiger partial charge on any atom is -0.371 e. The van der Waals surface area contributed by atoms with Gasteiger partial charge in [0.05, 0.1) is 0 Å². The summed E-state index contributed by atoms with van der Waals surface area (Å²) >= 11 is 0. The van der Waals surface area contributed by atoms with Crippen molar-refractivity contribution in [2.45, 2.75) is 64.3 Å². The van der Waals surface area contributed by atoms with Crippen LogP contribution >= 0.6 is 0 Å². The highest BCUT2D eigenvalue weighted by atomic mass is 15.1. The van der Waals surface area contributed by atoms with Gasteiger partial charge in [0.1, 0.15) is 0 Å². The number of hydrogen-bond acceptors (Lipinski definition) is 2. The van der Waals surface area contributed by atoms with E-state index in [9.17, 15) is 0 Å². The first kappa shape index (κ1) is 16.4. The molecule has 1 aliphatic rings. The first-order chi connectivity index (χ1) is 10.4. The van der Waals surface area contributed by atoms with E-state index in [2.05, 4.69) is 47.5 Å². The summed E-state index contributed by atoms with van der Waals surface area (Å²) in [6.45, 7) is 5.79. The molecule has 1 aliphatic carbocycles. The highest BCUT2D eigenvalue weighted by Crippen LogP contribution is 2.17. The topological polar surface area (TPSA) is 15.3 Å². The van der Waals surface area contributed by atoms with Crippen molar-refractivity contribution >= 4 is 5.69 Å². The van der Waals surface area contributed by atoms with Crippen LogP contribution in [0.4, 0.5) is 5.69 Å². The van der Waals surface area contributed by atoms with E-state index in [0.717, 1.165) is 6.04 Å². The van der Waals surface area contributed by atoms with Crippen molar-refractivity contribution in [1.29, 1.82) is 0 Å². The third-order valence-corrected chi connectivity index (χ3v) is 4.55. The fourth-order valence-corrected chi connectivity index (χ4v) is 3.24. The molecule has 1 fully saturated rings. The smallest absolute Gasteiger partial charge is 0.0366 e. The van der Waals surface area contributed by atoms with Crippen molar-refractivity contribution < 1.29 is 0 Å². The first-order valence-electron chi connectivity index (χ1n) is 8.93. The monoisotopic (exact) mass is 288 g/mol. The van der Waals surface area contributed by atoms with Crippen molar-refractivity contribution in [2.24, 2.45) is 0 Å². The van der Waals surface area contributed by atoms with Gasteiger partial charge in [-0.2, -0.15) is 0 Å². The van der Waals surface area contributed by atoms with E-state index in [1.165, 1.54) is 76.7 Å². The fraction of sp³-hybridized carbons (Fsp3) is 0.684. The maximum atomic E-state index is 3.76. The molecule has 1 saturated carbocycles. The molecule has 0 saturated heterocycles. The van der Waals surface area contributed by atoms with Crippen molar-refractivity contribution in [2.75, 3.05) is 24.5 Å². The fourth-order valence-electron chi connectivity index (χ4n) is 3.24. The molecule has 0 amide bonds. The zero-order valence-electron chi connectivity index (χ0n) is 13.7. The Morgan fingerprint density at radius 1 is 1.00 bits per heavy atom. The number of hydrogen-bond donors (Lipinski definition) is 1. The van der Waals surface area contributed by atoms with Crippen molar-refractivity contribution in [3.05, 3.63) is 30.3 Å². The van der Waals surface area contributed by atoms with Crippen molar-refractivity contribution in [3.63, 3.8) is 0 Å². The third kappa shape index (κ3) is 6.09. The van der Waals surface area contributed by atoms with E-state index in [1.54, 1.807) is 0 Å². The first-order valence-corrected chi connectivity index (χ1v) is 8.93. The van der Waals surface area contributed by atoms with Gasteiger partial charge in [0.2, 0.25) is 0 Å². The summed E-state index contributed by atoms with van der Waals surface area (Å²) < 4.78 is 0. The number of unbranched alkanes of at least 4 members (excludes halogenated alkanes) is 1. The summed E-state index contributed by atoms with van der Waals surface area (Å²) in [5, 5.41) is 3.76. The summed E-state index contributed by atoms with van der Waals surface area (Å²) in [5.74, 6) is 0. The molecule has 0 unspecified atom stereocenters. The zero-order valence-corrected chi connectivity index (χ0v) is 13.7. The molecule has 1 aromatic rings. The van der Waals surface area contributed by atoms with Crippen molar-refractivity contribution in [3.8, 4) is 0 Å². The Morgan fingerprint density at radius 3 is 2.43 bits per heavy atom. The van der Waals surface area contributed by atoms with Crippen LogP contribution in [0.15, 0.2) is 30.3 Å². The van der Waals surface area contributed by atoms with Gasteiger partial charge in [-0.3, -0.25) is 0 Å². The van der Waals surface area contributed by atoms with Gasteiger partial charge in [-0.15, -0.1) is 0 Å². The van der Waals surface area contributed by atoms with Gasteiger partial charge in [-0.25, -0.2) is 0 Å². The summed E-state index contributed by atoms with van der Waals surface area (Å²) in [6, 6.07) is 11.7. The Kier molecular flexibility index (Phi) is 7.66. The third-order valence-electron chi connectivity index (χ3n) is 4.55. The molecule has 118 valence electrons. The normalized spacial score (nSPS) is 16.0. The zero-order chi connectivity index (χ0) is 14.8. The van der Waals surface area contributed by atoms with Crippen LogP contribution in [-0.4, -0.2) is 25.7 Å². The summed E-state index contributed by atoms with van der Waals surface area (Å²) in [6.07, 6.45) is 10.9. The molecule has 0 atom stereocenters. The number of anilines is 1. The molecule has 2 heteroatoms. The number of nitrogens with zero attached hydrogens (tertiary/aromatic N) is 1. The SMILES string of the molecule is CCCCN(CCCNC1CCCCC1)c1ccccc1. The van der Waals surface area contributed by atoms with E-state index in [0.29, 0.717) is 0 Å². The summed E-state index contributed by atoms with van der Waals surface area (Å²) in [5.41, 5.74) is 1.38. The van der Waals surface area contributed by atoms with E-state index >= 15 is 0 Å². The molecule has 0 aliphatic heterocycles. The average molecular weight is 288 g/mol. The van der Waals surface area contributed by atoms with Crippen LogP contribution in [0.2, 0.25) is 0 Å². The van der Waals surface area contributed by atoms with Gasteiger partial charge in [0, 0.05) is 24.8 Å². The number of benzene rings is 1. The minimum absolute atomic E-state index is 0.791. The van der Waals surface area contributed by atoms with E-state index < -0.39 is 0 Å². The Hall–Kier alpha value is -1.02. The Morgan fingerprint density at radius 2 is 1.71 bits per heavy atom. The van der Waals surface area contributed by atoms with Crippen LogP contribution in [0.3, 0.4) is 0 Å². The quantitative estimate of drug-likeness (QED) is 0.668. The summed E-state index contributed by atoms with van der Waals surface area (Å²) in [7, 11) is 0. The van der Waals surface area contributed by atoms with Crippen LogP contribution in [0.25, 0.3) is 0 Å². The minimum atomic E-state index is 0.791. The number of para-hydroxylation sites is 1. The van der Waals surface area contributed by atoms with Gasteiger partial charge < -0.3 is 10.2 Å². The maximum Gasteiger partial charge on any atom is 0.0366 e. The molecule has 21 heavy (non-hydrogen) atoms. The second kappa shape index (κ2) is 9.83. The number of rotatable bonds is 9. The average Bonchev–Trinajstić information content (AvgIpc) is 2.56. The molecule has 0 heterocycles. The van der Waals surface area contributed by atoms with Gasteiger partial charge in [0.15, 0.2) is 0 Å². The molecule has 0 bridgehead atoms. The maximum absolute atomic E-state index is 3.76. The van der Waals surface area contributed by atoms with Gasteiger partial charge in [-0.05, 0) is 44.4 Å². The standard InChI is InChI=1S/C19H32N2/c1-2-3-16-21(19-13-8-5-9-14-19)17-10-15-20-18-11-6-4-7-12-18/h5,8-9,13-14,18,20H,2-4,6-7,10-12,15-17H2,1H3. The molecule has 0 aromatic heterocycles. The molecule has 2 rings (SSSR count). The molecule has 1 aromatic carbocycles. The predicted molar refractivity (Wildman–Crippen MR) is 93.1 cm³/mol. The van der Waals surface area contributed by atoms with Gasteiger partial charge in [-0.1, -0.05) is 50.8 Å². The molecule has 0 spiro atoms. The Labute approximate surface area is 130 Å². The van der Waals surface area contributed by atoms with E-state index in [1.807, 2.05) is 0 Å². The van der Waals surface area contributed by atoms with Crippen LogP contribution in [-0.2, 0) is 0 Å². The van der Waals surface area contributed by atoms with Gasteiger partial charge in [0.25, 0.3) is 0 Å². The lowest BCUT2D eigenvalue weighted by atomic mass is 9.95. The van der Waals surface area contributed by atoms with Crippen LogP contribution in [0.5, 0.6) is 0 Å². The predicted octanol–water partition coefficient (Wildman–Crippen LogP) is 4.61.